The molecular formula is C14H12ClFN2O2. The standard InChI is InChI=1S/C14H12ClFN2O2/c1-9-3-2-4-12(16)14(9)17-8-10-5-6-11(15)7-13(10)18(19)20/h2-7,17H,8H2,1H3. The van der Waals surface area contributed by atoms with Crippen molar-refractivity contribution in [3.63, 3.8) is 0 Å². The summed E-state index contributed by atoms with van der Waals surface area (Å²) in [6, 6.07) is 9.13. The zero-order valence-electron chi connectivity index (χ0n) is 10.7. The quantitative estimate of drug-likeness (QED) is 0.675. The second-order valence-electron chi connectivity index (χ2n) is 4.32. The molecule has 0 aromatic heterocycles. The molecule has 20 heavy (non-hydrogen) atoms. The third kappa shape index (κ3) is 3.05. The number of anilines is 1. The Hall–Kier alpha value is -2.14. The van der Waals surface area contributed by atoms with Crippen molar-refractivity contribution < 1.29 is 9.31 Å². The molecule has 0 fully saturated rings. The van der Waals surface area contributed by atoms with Crippen molar-refractivity contribution in [2.75, 3.05) is 5.32 Å². The van der Waals surface area contributed by atoms with Crippen LogP contribution >= 0.6 is 11.6 Å². The normalized spacial score (nSPS) is 10.3. The van der Waals surface area contributed by atoms with Crippen LogP contribution in [0.1, 0.15) is 11.1 Å². The molecule has 0 saturated carbocycles. The molecule has 0 atom stereocenters. The van der Waals surface area contributed by atoms with Gasteiger partial charge in [0.25, 0.3) is 5.69 Å². The van der Waals surface area contributed by atoms with Gasteiger partial charge in [-0.2, -0.15) is 0 Å². The van der Waals surface area contributed by atoms with E-state index in [4.69, 9.17) is 11.6 Å². The number of hydrogen-bond donors (Lipinski definition) is 1. The van der Waals surface area contributed by atoms with Crippen molar-refractivity contribution in [2.45, 2.75) is 13.5 Å². The highest BCUT2D eigenvalue weighted by molar-refractivity contribution is 6.30. The average molecular weight is 295 g/mol. The Bertz CT molecular complexity index is 641. The van der Waals surface area contributed by atoms with Crippen LogP contribution in [0.25, 0.3) is 0 Å². The first-order valence-corrected chi connectivity index (χ1v) is 6.28. The minimum Gasteiger partial charge on any atom is -0.378 e. The van der Waals surface area contributed by atoms with E-state index in [0.717, 1.165) is 5.56 Å². The summed E-state index contributed by atoms with van der Waals surface area (Å²) >= 11 is 5.74. The summed E-state index contributed by atoms with van der Waals surface area (Å²) in [5.74, 6) is -0.387. The van der Waals surface area contributed by atoms with Gasteiger partial charge in [-0.05, 0) is 30.7 Å². The van der Waals surface area contributed by atoms with E-state index in [2.05, 4.69) is 5.32 Å². The minimum atomic E-state index is -0.503. The molecule has 0 aliphatic rings. The summed E-state index contributed by atoms with van der Waals surface area (Å²) in [6.07, 6.45) is 0. The summed E-state index contributed by atoms with van der Waals surface area (Å²) < 4.78 is 13.7. The monoisotopic (exact) mass is 294 g/mol. The Labute approximate surface area is 120 Å². The van der Waals surface area contributed by atoms with Gasteiger partial charge < -0.3 is 5.32 Å². The second kappa shape index (κ2) is 5.88. The van der Waals surface area contributed by atoms with Crippen LogP contribution < -0.4 is 5.32 Å². The van der Waals surface area contributed by atoms with Gasteiger partial charge in [0.05, 0.1) is 10.6 Å². The van der Waals surface area contributed by atoms with Crippen LogP contribution in [-0.4, -0.2) is 4.92 Å². The molecule has 1 N–H and O–H groups in total. The first-order chi connectivity index (χ1) is 9.49. The van der Waals surface area contributed by atoms with Crippen molar-refractivity contribution in [1.82, 2.24) is 0 Å². The maximum atomic E-state index is 13.7. The molecule has 0 spiro atoms. The van der Waals surface area contributed by atoms with Crippen molar-refractivity contribution in [3.05, 3.63) is 68.5 Å². The summed E-state index contributed by atoms with van der Waals surface area (Å²) in [7, 11) is 0. The van der Waals surface area contributed by atoms with E-state index >= 15 is 0 Å². The van der Waals surface area contributed by atoms with Gasteiger partial charge in [-0.1, -0.05) is 23.7 Å². The molecule has 0 amide bonds. The van der Waals surface area contributed by atoms with Gasteiger partial charge in [-0.25, -0.2) is 4.39 Å². The smallest absolute Gasteiger partial charge is 0.275 e. The van der Waals surface area contributed by atoms with Crippen LogP contribution in [0.4, 0.5) is 15.8 Å². The fraction of sp³-hybridized carbons (Fsp3) is 0.143. The Morgan fingerprint density at radius 1 is 1.35 bits per heavy atom. The highest BCUT2D eigenvalue weighted by atomic mass is 35.5. The van der Waals surface area contributed by atoms with Gasteiger partial charge in [0.2, 0.25) is 0 Å². The fourth-order valence-electron chi connectivity index (χ4n) is 1.90. The molecule has 0 unspecified atom stereocenters. The van der Waals surface area contributed by atoms with Crippen LogP contribution in [0, 0.1) is 22.9 Å². The van der Waals surface area contributed by atoms with E-state index in [1.54, 1.807) is 31.2 Å². The Kier molecular flexibility index (Phi) is 4.20. The molecule has 0 aliphatic carbocycles. The summed E-state index contributed by atoms with van der Waals surface area (Å²) in [4.78, 5) is 10.5. The first-order valence-electron chi connectivity index (χ1n) is 5.91. The second-order valence-corrected chi connectivity index (χ2v) is 4.75. The Morgan fingerprint density at radius 2 is 2.10 bits per heavy atom. The lowest BCUT2D eigenvalue weighted by molar-refractivity contribution is -0.385. The van der Waals surface area contributed by atoms with Gasteiger partial charge in [-0.3, -0.25) is 10.1 Å². The molecule has 6 heteroatoms. The summed E-state index contributed by atoms with van der Waals surface area (Å²) in [5.41, 5.74) is 1.44. The molecule has 0 saturated heterocycles. The maximum absolute atomic E-state index is 13.7. The minimum absolute atomic E-state index is 0.0843. The number of rotatable bonds is 4. The molecule has 2 rings (SSSR count). The maximum Gasteiger partial charge on any atom is 0.275 e. The third-order valence-corrected chi connectivity index (χ3v) is 3.16. The molecule has 0 aliphatic heterocycles. The van der Waals surface area contributed by atoms with Gasteiger partial charge in [0, 0.05) is 23.2 Å². The van der Waals surface area contributed by atoms with Gasteiger partial charge in [0.15, 0.2) is 0 Å². The number of aryl methyl sites for hydroxylation is 1. The van der Waals surface area contributed by atoms with E-state index in [-0.39, 0.29) is 18.0 Å². The SMILES string of the molecule is Cc1cccc(F)c1NCc1ccc(Cl)cc1[N+](=O)[O-]. The predicted octanol–water partition coefficient (Wildman–Crippen LogP) is 4.31. The average Bonchev–Trinajstić information content (AvgIpc) is 2.39. The third-order valence-electron chi connectivity index (χ3n) is 2.92. The van der Waals surface area contributed by atoms with Crippen molar-refractivity contribution in [3.8, 4) is 0 Å². The van der Waals surface area contributed by atoms with Crippen molar-refractivity contribution >= 4 is 23.0 Å². The van der Waals surface area contributed by atoms with E-state index in [1.807, 2.05) is 0 Å². The van der Waals surface area contributed by atoms with Crippen molar-refractivity contribution in [2.24, 2.45) is 0 Å². The summed E-state index contributed by atoms with van der Waals surface area (Å²) in [6.45, 7) is 1.91. The number of nitrogens with zero attached hydrogens (tertiary/aromatic N) is 1. The van der Waals surface area contributed by atoms with E-state index in [0.29, 0.717) is 16.3 Å². The zero-order chi connectivity index (χ0) is 14.7. The lowest BCUT2D eigenvalue weighted by Gasteiger charge is -2.11. The molecule has 0 bridgehead atoms. The topological polar surface area (TPSA) is 55.2 Å². The van der Waals surface area contributed by atoms with E-state index < -0.39 is 4.92 Å². The van der Waals surface area contributed by atoms with Crippen LogP contribution in [-0.2, 0) is 6.54 Å². The number of para-hydroxylation sites is 1. The first kappa shape index (κ1) is 14.3. The molecule has 0 radical (unpaired) electrons. The lowest BCUT2D eigenvalue weighted by atomic mass is 10.1. The number of nitro groups is 1. The van der Waals surface area contributed by atoms with Gasteiger partial charge in [0.1, 0.15) is 5.82 Å². The summed E-state index contributed by atoms with van der Waals surface area (Å²) in [5, 5.41) is 14.1. The predicted molar refractivity (Wildman–Crippen MR) is 76.6 cm³/mol. The van der Waals surface area contributed by atoms with Crippen LogP contribution in [0.3, 0.4) is 0 Å². The van der Waals surface area contributed by atoms with Crippen LogP contribution in [0.15, 0.2) is 36.4 Å². The molecule has 0 heterocycles. The van der Waals surface area contributed by atoms with E-state index in [1.165, 1.54) is 12.1 Å². The highest BCUT2D eigenvalue weighted by Gasteiger charge is 2.14. The number of benzene rings is 2. The fourth-order valence-corrected chi connectivity index (χ4v) is 2.06. The number of nitrogens with one attached hydrogen (secondary N) is 1. The van der Waals surface area contributed by atoms with Crippen LogP contribution in [0.2, 0.25) is 5.02 Å². The number of nitro benzene ring substituents is 1. The Balaban J connectivity index is 2.25. The zero-order valence-corrected chi connectivity index (χ0v) is 11.4. The molecule has 2 aromatic carbocycles. The number of halogens is 2. The Morgan fingerprint density at radius 3 is 2.75 bits per heavy atom. The lowest BCUT2D eigenvalue weighted by Crippen LogP contribution is -2.05. The van der Waals surface area contributed by atoms with Gasteiger partial charge >= 0.3 is 0 Å². The number of hydrogen-bond acceptors (Lipinski definition) is 3. The molecule has 4 nitrogen and oxygen atoms in total. The largest absolute Gasteiger partial charge is 0.378 e. The highest BCUT2D eigenvalue weighted by Crippen LogP contribution is 2.25. The van der Waals surface area contributed by atoms with E-state index in [9.17, 15) is 14.5 Å². The van der Waals surface area contributed by atoms with Crippen LogP contribution in [0.5, 0.6) is 0 Å². The molecule has 104 valence electrons. The van der Waals surface area contributed by atoms with Crippen molar-refractivity contribution in [1.29, 1.82) is 0 Å². The van der Waals surface area contributed by atoms with Gasteiger partial charge in [-0.15, -0.1) is 0 Å². The molecule has 2 aromatic rings. The molecular weight excluding hydrogens is 283 g/mol.